The summed E-state index contributed by atoms with van der Waals surface area (Å²) in [6.07, 6.45) is 0. The molecular formula is C13H10BrClOS. The maximum Gasteiger partial charge on any atom is 0.203 e. The number of carbonyl (C=O) groups is 1. The molecule has 0 N–H and O–H groups in total. The van der Waals surface area contributed by atoms with E-state index in [1.54, 1.807) is 12.1 Å². The van der Waals surface area contributed by atoms with Gasteiger partial charge in [0.05, 0.1) is 9.21 Å². The van der Waals surface area contributed by atoms with E-state index in [2.05, 4.69) is 15.9 Å². The fourth-order valence-corrected chi connectivity index (χ4v) is 3.05. The zero-order chi connectivity index (χ0) is 12.6. The number of rotatable bonds is 2. The Morgan fingerprint density at radius 1 is 1.24 bits per heavy atom. The number of thiophene rings is 1. The molecule has 2 rings (SSSR count). The van der Waals surface area contributed by atoms with Crippen molar-refractivity contribution in [2.45, 2.75) is 13.8 Å². The Labute approximate surface area is 118 Å². The number of aryl methyl sites for hydroxylation is 2. The van der Waals surface area contributed by atoms with Crippen LogP contribution in [0.4, 0.5) is 0 Å². The average Bonchev–Trinajstić information content (AvgIpc) is 2.69. The van der Waals surface area contributed by atoms with Gasteiger partial charge in [0, 0.05) is 10.0 Å². The van der Waals surface area contributed by atoms with Gasteiger partial charge in [0.15, 0.2) is 0 Å². The van der Waals surface area contributed by atoms with Gasteiger partial charge in [0.2, 0.25) is 5.78 Å². The summed E-state index contributed by atoms with van der Waals surface area (Å²) >= 11 is 10.6. The molecular weight excluding hydrogens is 320 g/mol. The summed E-state index contributed by atoms with van der Waals surface area (Å²) in [5.74, 6) is 0.0370. The monoisotopic (exact) mass is 328 g/mol. The van der Waals surface area contributed by atoms with E-state index in [-0.39, 0.29) is 5.78 Å². The summed E-state index contributed by atoms with van der Waals surface area (Å²) in [4.78, 5) is 13.0. The SMILES string of the molecule is Cc1cc(C(=O)c2ccc(Cl)s2)c(C)cc1Br. The molecule has 0 bridgehead atoms. The van der Waals surface area contributed by atoms with Crippen LogP contribution in [0.5, 0.6) is 0 Å². The number of hydrogen-bond acceptors (Lipinski definition) is 2. The van der Waals surface area contributed by atoms with Gasteiger partial charge in [0.25, 0.3) is 0 Å². The lowest BCUT2D eigenvalue weighted by atomic mass is 10.0. The van der Waals surface area contributed by atoms with Gasteiger partial charge in [-0.3, -0.25) is 4.79 Å². The van der Waals surface area contributed by atoms with Gasteiger partial charge in [0.1, 0.15) is 0 Å². The fraction of sp³-hybridized carbons (Fsp3) is 0.154. The minimum absolute atomic E-state index is 0.0370. The smallest absolute Gasteiger partial charge is 0.203 e. The minimum Gasteiger partial charge on any atom is -0.288 e. The van der Waals surface area contributed by atoms with Gasteiger partial charge in [-0.05, 0) is 49.2 Å². The van der Waals surface area contributed by atoms with Crippen LogP contribution in [0.2, 0.25) is 4.34 Å². The second-order valence-electron chi connectivity index (χ2n) is 3.85. The lowest BCUT2D eigenvalue weighted by Gasteiger charge is -2.06. The van der Waals surface area contributed by atoms with Crippen molar-refractivity contribution in [3.8, 4) is 0 Å². The second kappa shape index (κ2) is 4.92. The van der Waals surface area contributed by atoms with Gasteiger partial charge in [-0.1, -0.05) is 27.5 Å². The van der Waals surface area contributed by atoms with Crippen LogP contribution >= 0.6 is 38.9 Å². The molecule has 4 heteroatoms. The molecule has 0 amide bonds. The minimum atomic E-state index is 0.0370. The van der Waals surface area contributed by atoms with E-state index < -0.39 is 0 Å². The Hall–Kier alpha value is -0.640. The average molecular weight is 330 g/mol. The van der Waals surface area contributed by atoms with E-state index in [4.69, 9.17) is 11.6 Å². The highest BCUT2D eigenvalue weighted by Gasteiger charge is 2.15. The molecule has 0 saturated carbocycles. The van der Waals surface area contributed by atoms with E-state index in [0.717, 1.165) is 21.2 Å². The first-order chi connectivity index (χ1) is 7.99. The molecule has 0 aliphatic carbocycles. The number of carbonyl (C=O) groups excluding carboxylic acids is 1. The van der Waals surface area contributed by atoms with E-state index in [1.165, 1.54) is 11.3 Å². The molecule has 1 aromatic carbocycles. The summed E-state index contributed by atoms with van der Waals surface area (Å²) in [5.41, 5.74) is 2.77. The Bertz CT molecular complexity index is 589. The normalized spacial score (nSPS) is 10.6. The van der Waals surface area contributed by atoms with Crippen LogP contribution in [0.25, 0.3) is 0 Å². The van der Waals surface area contributed by atoms with Gasteiger partial charge in [-0.15, -0.1) is 11.3 Å². The van der Waals surface area contributed by atoms with Crippen molar-refractivity contribution in [1.82, 2.24) is 0 Å². The highest BCUT2D eigenvalue weighted by molar-refractivity contribution is 9.10. The first kappa shape index (κ1) is 12.8. The molecule has 1 nitrogen and oxygen atoms in total. The molecule has 2 aromatic rings. The third-order valence-corrected chi connectivity index (χ3v) is 4.63. The van der Waals surface area contributed by atoms with E-state index in [1.807, 2.05) is 26.0 Å². The van der Waals surface area contributed by atoms with E-state index in [0.29, 0.717) is 9.21 Å². The maximum atomic E-state index is 12.3. The molecule has 0 aliphatic rings. The molecule has 0 fully saturated rings. The summed E-state index contributed by atoms with van der Waals surface area (Å²) in [5, 5.41) is 0. The summed E-state index contributed by atoms with van der Waals surface area (Å²) in [6, 6.07) is 7.40. The van der Waals surface area contributed by atoms with Crippen molar-refractivity contribution in [2.75, 3.05) is 0 Å². The highest BCUT2D eigenvalue weighted by atomic mass is 79.9. The van der Waals surface area contributed by atoms with E-state index in [9.17, 15) is 4.79 Å². The fourth-order valence-electron chi connectivity index (χ4n) is 1.59. The van der Waals surface area contributed by atoms with Crippen LogP contribution in [0, 0.1) is 13.8 Å². The van der Waals surface area contributed by atoms with Crippen LogP contribution in [0.1, 0.15) is 26.4 Å². The molecule has 17 heavy (non-hydrogen) atoms. The van der Waals surface area contributed by atoms with Crippen LogP contribution in [0.3, 0.4) is 0 Å². The number of ketones is 1. The van der Waals surface area contributed by atoms with Crippen molar-refractivity contribution >= 4 is 44.7 Å². The second-order valence-corrected chi connectivity index (χ2v) is 6.42. The quantitative estimate of drug-likeness (QED) is 0.708. The molecule has 0 unspecified atom stereocenters. The van der Waals surface area contributed by atoms with E-state index >= 15 is 0 Å². The predicted molar refractivity (Wildman–Crippen MR) is 76.4 cm³/mol. The third kappa shape index (κ3) is 2.62. The predicted octanol–water partition coefficient (Wildman–Crippen LogP) is 5.01. The zero-order valence-electron chi connectivity index (χ0n) is 9.38. The Morgan fingerprint density at radius 3 is 2.53 bits per heavy atom. The van der Waals surface area contributed by atoms with Gasteiger partial charge < -0.3 is 0 Å². The number of halogens is 2. The summed E-state index contributed by atoms with van der Waals surface area (Å²) < 4.78 is 1.66. The van der Waals surface area contributed by atoms with Crippen LogP contribution < -0.4 is 0 Å². The van der Waals surface area contributed by atoms with Gasteiger partial charge in [-0.2, -0.15) is 0 Å². The van der Waals surface area contributed by atoms with Crippen LogP contribution in [-0.2, 0) is 0 Å². The van der Waals surface area contributed by atoms with Crippen molar-refractivity contribution in [3.05, 3.63) is 54.6 Å². The van der Waals surface area contributed by atoms with Crippen molar-refractivity contribution in [3.63, 3.8) is 0 Å². The zero-order valence-corrected chi connectivity index (χ0v) is 12.5. The standard InChI is InChI=1S/C13H10BrClOS/c1-7-6-10(14)8(2)5-9(7)13(16)11-3-4-12(15)17-11/h3-6H,1-2H3. The van der Waals surface area contributed by atoms with Crippen molar-refractivity contribution in [1.29, 1.82) is 0 Å². The lowest BCUT2D eigenvalue weighted by molar-refractivity contribution is 0.104. The third-order valence-electron chi connectivity index (χ3n) is 2.55. The molecule has 88 valence electrons. The van der Waals surface area contributed by atoms with Gasteiger partial charge in [-0.25, -0.2) is 0 Å². The highest BCUT2D eigenvalue weighted by Crippen LogP contribution is 2.27. The Kier molecular flexibility index (Phi) is 3.71. The van der Waals surface area contributed by atoms with Crippen LogP contribution in [0.15, 0.2) is 28.7 Å². The maximum absolute atomic E-state index is 12.3. The topological polar surface area (TPSA) is 17.1 Å². The van der Waals surface area contributed by atoms with Gasteiger partial charge >= 0.3 is 0 Å². The largest absolute Gasteiger partial charge is 0.288 e. The Morgan fingerprint density at radius 2 is 1.94 bits per heavy atom. The number of benzene rings is 1. The molecule has 0 spiro atoms. The molecule has 1 heterocycles. The molecule has 0 radical (unpaired) electrons. The Balaban J connectivity index is 2.47. The van der Waals surface area contributed by atoms with Crippen molar-refractivity contribution in [2.24, 2.45) is 0 Å². The van der Waals surface area contributed by atoms with Crippen molar-refractivity contribution < 1.29 is 4.79 Å². The first-order valence-electron chi connectivity index (χ1n) is 5.06. The lowest BCUT2D eigenvalue weighted by Crippen LogP contribution is -2.02. The molecule has 0 atom stereocenters. The number of hydrogen-bond donors (Lipinski definition) is 0. The van der Waals surface area contributed by atoms with Crippen LogP contribution in [-0.4, -0.2) is 5.78 Å². The summed E-state index contributed by atoms with van der Waals surface area (Å²) in [6.45, 7) is 3.91. The molecule has 0 saturated heterocycles. The summed E-state index contributed by atoms with van der Waals surface area (Å²) in [7, 11) is 0. The molecule has 0 aliphatic heterocycles. The molecule has 1 aromatic heterocycles. The first-order valence-corrected chi connectivity index (χ1v) is 7.04.